The Morgan fingerprint density at radius 1 is 1.30 bits per heavy atom. The van der Waals surface area contributed by atoms with Crippen LogP contribution in [0.15, 0.2) is 36.5 Å². The van der Waals surface area contributed by atoms with Crippen LogP contribution in [0, 0.1) is 6.92 Å². The molecule has 2 atom stereocenters. The van der Waals surface area contributed by atoms with Gasteiger partial charge in [0.2, 0.25) is 0 Å². The Bertz CT molecular complexity index is 685. The normalized spacial score (nSPS) is 20.8. The largest absolute Gasteiger partial charge is 0.383 e. The first kappa shape index (κ1) is 16.0. The fourth-order valence-corrected chi connectivity index (χ4v) is 3.42. The van der Waals surface area contributed by atoms with Gasteiger partial charge in [-0.05, 0) is 43.4 Å². The maximum Gasteiger partial charge on any atom is 0.170 e. The number of ether oxygens (including phenoxy) is 1. The minimum Gasteiger partial charge on any atom is -0.383 e. The van der Waals surface area contributed by atoms with Crippen LogP contribution in [-0.4, -0.2) is 39.8 Å². The average molecular weight is 330 g/mol. The van der Waals surface area contributed by atoms with E-state index in [1.165, 1.54) is 11.4 Å². The highest BCUT2D eigenvalue weighted by Crippen LogP contribution is 2.38. The van der Waals surface area contributed by atoms with Crippen molar-refractivity contribution in [1.82, 2.24) is 19.8 Å². The van der Waals surface area contributed by atoms with Crippen LogP contribution in [0.1, 0.15) is 29.2 Å². The van der Waals surface area contributed by atoms with Crippen molar-refractivity contribution in [2.24, 2.45) is 7.05 Å². The lowest BCUT2D eigenvalue weighted by molar-refractivity contribution is 0.162. The molecule has 0 amide bonds. The monoisotopic (exact) mass is 330 g/mol. The molecule has 2 aromatic rings. The third-order valence-corrected chi connectivity index (χ3v) is 4.80. The summed E-state index contributed by atoms with van der Waals surface area (Å²) < 4.78 is 7.48. The number of aryl methyl sites for hydroxylation is 1. The smallest absolute Gasteiger partial charge is 0.170 e. The third-order valence-electron chi connectivity index (χ3n) is 4.45. The summed E-state index contributed by atoms with van der Waals surface area (Å²) in [4.78, 5) is 6.73. The molecule has 0 unspecified atom stereocenters. The van der Waals surface area contributed by atoms with E-state index in [1.54, 1.807) is 7.11 Å². The Morgan fingerprint density at radius 3 is 2.74 bits per heavy atom. The van der Waals surface area contributed by atoms with Crippen LogP contribution in [0.4, 0.5) is 0 Å². The van der Waals surface area contributed by atoms with Crippen molar-refractivity contribution in [3.8, 4) is 0 Å². The van der Waals surface area contributed by atoms with Crippen molar-refractivity contribution in [2.45, 2.75) is 19.0 Å². The minimum atomic E-state index is 0.0357. The molecule has 1 aliphatic rings. The summed E-state index contributed by atoms with van der Waals surface area (Å²) in [6, 6.07) is 10.4. The van der Waals surface area contributed by atoms with Gasteiger partial charge in [0.1, 0.15) is 0 Å². The van der Waals surface area contributed by atoms with Crippen LogP contribution in [-0.2, 0) is 11.8 Å². The first-order valence-electron chi connectivity index (χ1n) is 7.72. The van der Waals surface area contributed by atoms with Gasteiger partial charge in [-0.25, -0.2) is 0 Å². The topological polar surface area (TPSA) is 42.3 Å². The molecule has 1 aliphatic heterocycles. The SMILES string of the molecule is COCCN1C(=S)N[C@H](c2ccccn2)[C@@H]1c1ccc(C)n1C. The van der Waals surface area contributed by atoms with Gasteiger partial charge in [0.15, 0.2) is 5.11 Å². The summed E-state index contributed by atoms with van der Waals surface area (Å²) in [7, 11) is 3.81. The Labute approximate surface area is 142 Å². The second-order valence-corrected chi connectivity index (χ2v) is 6.16. The summed E-state index contributed by atoms with van der Waals surface area (Å²) in [6.45, 7) is 3.50. The fourth-order valence-electron chi connectivity index (χ4n) is 3.09. The molecule has 0 aromatic carbocycles. The van der Waals surface area contributed by atoms with Crippen LogP contribution < -0.4 is 5.32 Å². The van der Waals surface area contributed by atoms with E-state index < -0.39 is 0 Å². The molecule has 3 rings (SSSR count). The molecular formula is C17H22N4OS. The van der Waals surface area contributed by atoms with Crippen LogP contribution in [0.2, 0.25) is 0 Å². The quantitative estimate of drug-likeness (QED) is 0.853. The summed E-state index contributed by atoms with van der Waals surface area (Å²) in [5.41, 5.74) is 3.45. The highest BCUT2D eigenvalue weighted by molar-refractivity contribution is 7.80. The van der Waals surface area contributed by atoms with Gasteiger partial charge >= 0.3 is 0 Å². The molecule has 5 nitrogen and oxygen atoms in total. The van der Waals surface area contributed by atoms with Gasteiger partial charge in [-0.15, -0.1) is 0 Å². The lowest BCUT2D eigenvalue weighted by atomic mass is 10.0. The van der Waals surface area contributed by atoms with Gasteiger partial charge in [-0.2, -0.15) is 0 Å². The van der Waals surface area contributed by atoms with Crippen LogP contribution in [0.25, 0.3) is 0 Å². The first-order valence-corrected chi connectivity index (χ1v) is 8.13. The summed E-state index contributed by atoms with van der Waals surface area (Å²) in [5, 5.41) is 4.19. The second-order valence-electron chi connectivity index (χ2n) is 5.77. The molecule has 6 heteroatoms. The van der Waals surface area contributed by atoms with E-state index in [-0.39, 0.29) is 12.1 Å². The minimum absolute atomic E-state index is 0.0357. The van der Waals surface area contributed by atoms with Crippen molar-refractivity contribution in [3.05, 3.63) is 53.6 Å². The van der Waals surface area contributed by atoms with Gasteiger partial charge in [0, 0.05) is 38.3 Å². The van der Waals surface area contributed by atoms with Crippen molar-refractivity contribution in [2.75, 3.05) is 20.3 Å². The van der Waals surface area contributed by atoms with Crippen LogP contribution >= 0.6 is 12.2 Å². The van der Waals surface area contributed by atoms with Crippen molar-refractivity contribution in [1.29, 1.82) is 0 Å². The second kappa shape index (κ2) is 6.68. The Hall–Kier alpha value is -1.92. The zero-order valence-corrected chi connectivity index (χ0v) is 14.5. The van der Waals surface area contributed by atoms with Crippen molar-refractivity contribution >= 4 is 17.3 Å². The predicted molar refractivity (Wildman–Crippen MR) is 94.2 cm³/mol. The number of hydrogen-bond donors (Lipinski definition) is 1. The van der Waals surface area contributed by atoms with E-state index in [1.807, 2.05) is 24.4 Å². The van der Waals surface area contributed by atoms with Crippen LogP contribution in [0.5, 0.6) is 0 Å². The number of nitrogens with one attached hydrogen (secondary N) is 1. The van der Waals surface area contributed by atoms with Crippen molar-refractivity contribution in [3.63, 3.8) is 0 Å². The van der Waals surface area contributed by atoms with Gasteiger partial charge in [-0.3, -0.25) is 4.98 Å². The van der Waals surface area contributed by atoms with E-state index in [0.717, 1.165) is 17.4 Å². The fraction of sp³-hybridized carbons (Fsp3) is 0.412. The molecule has 0 spiro atoms. The Balaban J connectivity index is 2.01. The number of thiocarbonyl (C=S) groups is 1. The molecule has 0 saturated carbocycles. The molecule has 2 aromatic heterocycles. The predicted octanol–water partition coefficient (Wildman–Crippen LogP) is 2.35. The Morgan fingerprint density at radius 2 is 2.13 bits per heavy atom. The molecular weight excluding hydrogens is 308 g/mol. The molecule has 1 N–H and O–H groups in total. The van der Waals surface area contributed by atoms with Gasteiger partial charge in [-0.1, -0.05) is 6.07 Å². The standard InChI is InChI=1S/C17H22N4OS/c1-12-7-8-14(20(12)2)16-15(13-6-4-5-9-18-13)19-17(23)21(16)10-11-22-3/h4-9,15-16H,10-11H2,1-3H3,(H,19,23)/t15-,16+/m1/s1. The molecule has 0 bridgehead atoms. The average Bonchev–Trinajstić information content (AvgIpc) is 3.06. The van der Waals surface area contributed by atoms with Gasteiger partial charge in [0.05, 0.1) is 24.4 Å². The van der Waals surface area contributed by atoms with Gasteiger partial charge in [0.25, 0.3) is 0 Å². The maximum absolute atomic E-state index is 5.58. The van der Waals surface area contributed by atoms with E-state index in [0.29, 0.717) is 6.61 Å². The number of hydrogen-bond acceptors (Lipinski definition) is 3. The number of nitrogens with zero attached hydrogens (tertiary/aromatic N) is 3. The number of pyridine rings is 1. The number of aromatic nitrogens is 2. The molecule has 23 heavy (non-hydrogen) atoms. The molecule has 122 valence electrons. The van der Waals surface area contributed by atoms with Gasteiger partial charge < -0.3 is 19.5 Å². The van der Waals surface area contributed by atoms with E-state index in [9.17, 15) is 0 Å². The highest BCUT2D eigenvalue weighted by atomic mass is 32.1. The summed E-state index contributed by atoms with van der Waals surface area (Å²) in [5.74, 6) is 0. The lowest BCUT2D eigenvalue weighted by Crippen LogP contribution is -2.33. The molecule has 3 heterocycles. The van der Waals surface area contributed by atoms with E-state index in [4.69, 9.17) is 17.0 Å². The Kier molecular flexibility index (Phi) is 4.63. The third kappa shape index (κ3) is 2.96. The molecule has 0 aliphatic carbocycles. The summed E-state index contributed by atoms with van der Waals surface area (Å²) >= 11 is 5.58. The zero-order valence-electron chi connectivity index (χ0n) is 13.7. The highest BCUT2D eigenvalue weighted by Gasteiger charge is 2.40. The van der Waals surface area contributed by atoms with E-state index in [2.05, 4.69) is 45.9 Å². The molecule has 1 saturated heterocycles. The maximum atomic E-state index is 5.58. The molecule has 0 radical (unpaired) electrons. The number of methoxy groups -OCH3 is 1. The molecule has 1 fully saturated rings. The van der Waals surface area contributed by atoms with Crippen molar-refractivity contribution < 1.29 is 4.74 Å². The lowest BCUT2D eigenvalue weighted by Gasteiger charge is -2.28. The van der Waals surface area contributed by atoms with Crippen LogP contribution in [0.3, 0.4) is 0 Å². The summed E-state index contributed by atoms with van der Waals surface area (Å²) in [6.07, 6.45) is 1.82. The van der Waals surface area contributed by atoms with E-state index >= 15 is 0 Å². The zero-order chi connectivity index (χ0) is 16.4. The number of rotatable bonds is 5. The first-order chi connectivity index (χ1) is 11.1.